The Morgan fingerprint density at radius 2 is 1.22 bits per heavy atom. The zero-order valence-corrected chi connectivity index (χ0v) is 54.0. The lowest BCUT2D eigenvalue weighted by Gasteiger charge is -2.33. The smallest absolute Gasteiger partial charge is 0.268 e. The number of aryl methyl sites for hydroxylation is 1. The average Bonchev–Trinajstić information content (AvgIpc) is 1.73. The van der Waals surface area contributed by atoms with Crippen molar-refractivity contribution in [2.24, 2.45) is 17.6 Å². The number of carbonyl (C=O) groups excluding carboxylic acids is 12. The van der Waals surface area contributed by atoms with Gasteiger partial charge in [-0.15, -0.1) is 0 Å². The molecule has 31 nitrogen and oxygen atoms in total. The largest absolute Gasteiger partial charge is 0.497 e. The van der Waals surface area contributed by atoms with Crippen molar-refractivity contribution in [3.8, 4) is 5.75 Å². The third-order valence-electron chi connectivity index (χ3n) is 17.4. The van der Waals surface area contributed by atoms with Gasteiger partial charge in [0.15, 0.2) is 6.10 Å². The van der Waals surface area contributed by atoms with E-state index >= 15 is 0 Å². The van der Waals surface area contributed by atoms with Crippen LogP contribution in [0.1, 0.15) is 131 Å². The standard InChI is InChI=1S/C62H96N12O19/c1-8-33(5)50-58(88)69-42(31-75)55(85)65-38(9-2)54(84)71-51(34(6)76)59(89)67-40(21-18-35-16-19-37(93-7)20-17-35)61(91)73-25-10-13-43(73)56(86)68-41(28-36(77)29-47(79)46(78)27-32(3)4)52(82)60(90)66-39(22-23-48(63)80)53(83)64-30-49(81)72-24-12-15-45(72)62(92)74-26-11-14-44(74)57(87)70-50/h9,16-17,19-20,32-34,36,39-47,50-52,75-79,82H,8,10-15,18,21-31H2,1-7H3,(H2,63,80)(H,64,83)(H,65,85)(H,66,90)(H,67,89)(H,68,86)(H,69,88)(H,70,87)(H,71,84)/b38-9+/t33-,34+,36?,39-,40?,41?,42-,43-,44-,45-,46?,47?,50+,51-,52?/m0/s1. The number of hydrogen-bond acceptors (Lipinski definition) is 19. The molecule has 5 rings (SSSR count). The summed E-state index contributed by atoms with van der Waals surface area (Å²) in [7, 11) is 1.47. The summed E-state index contributed by atoms with van der Waals surface area (Å²) in [5.74, 6) is -11.6. The molecule has 4 fully saturated rings. The predicted molar refractivity (Wildman–Crippen MR) is 331 cm³/mol. The Labute approximate surface area is 540 Å². The number of benzene rings is 1. The quantitative estimate of drug-likeness (QED) is 0.0617. The van der Waals surface area contributed by atoms with Gasteiger partial charge in [-0.3, -0.25) is 57.5 Å². The van der Waals surface area contributed by atoms with E-state index < -0.39 is 206 Å². The van der Waals surface area contributed by atoms with Crippen LogP contribution in [0.5, 0.6) is 5.75 Å². The lowest BCUT2D eigenvalue weighted by atomic mass is 9.94. The minimum atomic E-state index is -2.34. The van der Waals surface area contributed by atoms with Gasteiger partial charge in [0.05, 0.1) is 50.7 Å². The van der Waals surface area contributed by atoms with E-state index in [1.807, 2.05) is 0 Å². The Balaban J connectivity index is 1.55. The van der Waals surface area contributed by atoms with Gasteiger partial charge in [-0.25, -0.2) is 0 Å². The van der Waals surface area contributed by atoms with Crippen LogP contribution in [0.4, 0.5) is 0 Å². The van der Waals surface area contributed by atoms with E-state index in [4.69, 9.17) is 10.5 Å². The van der Waals surface area contributed by atoms with Crippen molar-refractivity contribution in [2.75, 3.05) is 39.9 Å². The number of allylic oxidation sites excluding steroid dienone is 1. The van der Waals surface area contributed by atoms with Crippen LogP contribution in [0, 0.1) is 11.8 Å². The number of aliphatic hydroxyl groups is 6. The summed E-state index contributed by atoms with van der Waals surface area (Å²) >= 11 is 0. The number of hydrogen-bond donors (Lipinski definition) is 15. The van der Waals surface area contributed by atoms with Crippen molar-refractivity contribution >= 4 is 70.9 Å². The van der Waals surface area contributed by atoms with Crippen LogP contribution in [0.3, 0.4) is 0 Å². The Bertz CT molecular complexity index is 2840. The minimum absolute atomic E-state index is 0.0202. The molecule has 0 aliphatic carbocycles. The van der Waals surface area contributed by atoms with Gasteiger partial charge in [-0.2, -0.15) is 0 Å². The maximum atomic E-state index is 15.0. The lowest BCUT2D eigenvalue weighted by molar-refractivity contribution is -0.147. The van der Waals surface area contributed by atoms with Crippen molar-refractivity contribution in [3.05, 3.63) is 41.6 Å². The highest BCUT2D eigenvalue weighted by Gasteiger charge is 2.45. The number of fused-ring (bicyclic) bond motifs is 3. The van der Waals surface area contributed by atoms with Crippen LogP contribution in [0.2, 0.25) is 0 Å². The molecule has 518 valence electrons. The van der Waals surface area contributed by atoms with Gasteiger partial charge in [0.2, 0.25) is 59.1 Å². The summed E-state index contributed by atoms with van der Waals surface area (Å²) in [6.45, 7) is 7.76. The SMILES string of the molecule is C/C=C1/NC(=O)[C@H](CO)NC(=O)[C@@H]([C@@H](C)CC)NC(=O)[C@@H]2CCCN2C(=O)[C@@H]2CCCN2C(=O)CNC(=O)[C@H](CCC(N)=O)NC(=O)C(O)C(CC(O)CC(O)C(O)CC(C)C)NC(=O)[C@@H]2CCCN2C(=O)C(CCc2ccc(OC)cc2)NC(=O)[C@H]([C@@H](C)O)NC1=O. The second-order valence-corrected chi connectivity index (χ2v) is 24.8. The van der Waals surface area contributed by atoms with E-state index in [9.17, 15) is 88.2 Å². The first-order valence-electron chi connectivity index (χ1n) is 31.9. The van der Waals surface area contributed by atoms with Gasteiger partial charge in [0.1, 0.15) is 59.8 Å². The molecule has 4 aliphatic heterocycles. The molecule has 4 saturated heterocycles. The number of amides is 12. The summed E-state index contributed by atoms with van der Waals surface area (Å²) in [4.78, 5) is 173. The first kappa shape index (κ1) is 75.9. The third-order valence-corrected chi connectivity index (χ3v) is 17.4. The number of carbonyl (C=O) groups is 12. The van der Waals surface area contributed by atoms with E-state index in [2.05, 4.69) is 42.5 Å². The van der Waals surface area contributed by atoms with Gasteiger partial charge < -0.3 is 98.3 Å². The van der Waals surface area contributed by atoms with Crippen molar-refractivity contribution in [1.29, 1.82) is 0 Å². The number of primary amides is 1. The zero-order chi connectivity index (χ0) is 69.0. The van der Waals surface area contributed by atoms with Crippen molar-refractivity contribution in [3.63, 3.8) is 0 Å². The summed E-state index contributed by atoms with van der Waals surface area (Å²) in [5.41, 5.74) is 5.61. The van der Waals surface area contributed by atoms with Gasteiger partial charge >= 0.3 is 0 Å². The van der Waals surface area contributed by atoms with Gasteiger partial charge in [0, 0.05) is 32.5 Å². The first-order valence-corrected chi connectivity index (χ1v) is 31.9. The molecule has 93 heavy (non-hydrogen) atoms. The molecule has 0 aromatic heterocycles. The van der Waals surface area contributed by atoms with E-state index in [1.54, 1.807) is 52.0 Å². The predicted octanol–water partition coefficient (Wildman–Crippen LogP) is -4.39. The Hall–Kier alpha value is -7.84. The molecule has 6 unspecified atom stereocenters. The molecule has 0 saturated carbocycles. The number of rotatable bonds is 18. The highest BCUT2D eigenvalue weighted by atomic mass is 16.5. The molecule has 0 spiro atoms. The minimum Gasteiger partial charge on any atom is -0.497 e. The summed E-state index contributed by atoms with van der Waals surface area (Å²) < 4.78 is 5.28. The fourth-order valence-corrected chi connectivity index (χ4v) is 11.8. The fraction of sp³-hybridized carbons (Fsp3) is 0.677. The molecule has 1 aromatic carbocycles. The van der Waals surface area contributed by atoms with Crippen molar-refractivity contribution in [1.82, 2.24) is 57.2 Å². The first-order chi connectivity index (χ1) is 44.0. The van der Waals surface area contributed by atoms with Crippen LogP contribution in [0.15, 0.2) is 36.0 Å². The summed E-state index contributed by atoms with van der Waals surface area (Å²) in [6.07, 6.45) is -7.95. The molecule has 0 bridgehead atoms. The van der Waals surface area contributed by atoms with Crippen molar-refractivity contribution in [2.45, 2.75) is 216 Å². The Morgan fingerprint density at radius 3 is 1.78 bits per heavy atom. The van der Waals surface area contributed by atoms with Crippen LogP contribution in [-0.2, 0) is 64.0 Å². The van der Waals surface area contributed by atoms with Crippen LogP contribution < -0.4 is 53.0 Å². The number of ether oxygens (including phenoxy) is 1. The maximum absolute atomic E-state index is 15.0. The van der Waals surface area contributed by atoms with Crippen LogP contribution >= 0.6 is 0 Å². The molecule has 0 radical (unpaired) electrons. The Kier molecular flexibility index (Phi) is 29.4. The molecule has 4 heterocycles. The molecule has 12 amide bonds. The molecule has 15 atom stereocenters. The third kappa shape index (κ3) is 21.3. The number of nitrogens with zero attached hydrogens (tertiary/aromatic N) is 3. The van der Waals surface area contributed by atoms with E-state index in [0.717, 1.165) is 17.9 Å². The van der Waals surface area contributed by atoms with Crippen LogP contribution in [0.25, 0.3) is 0 Å². The molecule has 31 heteroatoms. The van der Waals surface area contributed by atoms with Crippen LogP contribution in [-0.4, -0.2) is 241 Å². The van der Waals surface area contributed by atoms with E-state index in [-0.39, 0.29) is 70.5 Å². The normalized spacial score (nSPS) is 28.0. The molecular formula is C62H96N12O19. The number of nitrogens with two attached hydrogens (primary N) is 1. The maximum Gasteiger partial charge on any atom is 0.268 e. The molecule has 1 aromatic rings. The number of aliphatic hydroxyl groups excluding tert-OH is 6. The van der Waals surface area contributed by atoms with Gasteiger partial charge in [0.25, 0.3) is 11.8 Å². The lowest BCUT2D eigenvalue weighted by Crippen LogP contribution is -2.61. The topological polar surface area (TPSA) is 467 Å². The summed E-state index contributed by atoms with van der Waals surface area (Å²) in [5, 5.41) is 86.1. The highest BCUT2D eigenvalue weighted by molar-refractivity contribution is 6.03. The second kappa shape index (κ2) is 36.0. The summed E-state index contributed by atoms with van der Waals surface area (Å²) in [6, 6.07) is -6.79. The molecule has 16 N–H and O–H groups in total. The monoisotopic (exact) mass is 1310 g/mol. The van der Waals surface area contributed by atoms with Crippen molar-refractivity contribution < 1.29 is 92.9 Å². The fourth-order valence-electron chi connectivity index (χ4n) is 11.8. The van der Waals surface area contributed by atoms with E-state index in [1.165, 1.54) is 23.8 Å². The van der Waals surface area contributed by atoms with Gasteiger partial charge in [-0.1, -0.05) is 52.3 Å². The molecule has 4 aliphatic rings. The zero-order valence-electron chi connectivity index (χ0n) is 54.0. The number of methoxy groups -OCH3 is 1. The molecular weight excluding hydrogens is 1220 g/mol. The number of nitrogens with one attached hydrogen (secondary N) is 8. The second-order valence-electron chi connectivity index (χ2n) is 24.8. The van der Waals surface area contributed by atoms with Gasteiger partial charge in [-0.05, 0) is 114 Å². The Morgan fingerprint density at radius 1 is 0.656 bits per heavy atom. The van der Waals surface area contributed by atoms with E-state index in [0.29, 0.717) is 30.6 Å². The highest BCUT2D eigenvalue weighted by Crippen LogP contribution is 2.27. The average molecular weight is 1310 g/mol.